The van der Waals surface area contributed by atoms with Crippen LogP contribution in [0, 0.1) is 0 Å². The zero-order chi connectivity index (χ0) is 9.97. The van der Waals surface area contributed by atoms with E-state index in [2.05, 4.69) is 22.5 Å². The van der Waals surface area contributed by atoms with Crippen molar-refractivity contribution in [2.24, 2.45) is 0 Å². The van der Waals surface area contributed by atoms with Crippen LogP contribution in [0.3, 0.4) is 0 Å². The van der Waals surface area contributed by atoms with Crippen molar-refractivity contribution in [3.8, 4) is 0 Å². The number of aryl methyl sites for hydroxylation is 1. The Hall–Kier alpha value is -1.22. The molecule has 0 aliphatic heterocycles. The van der Waals surface area contributed by atoms with Gasteiger partial charge in [0.25, 0.3) is 0 Å². The quantitative estimate of drug-likeness (QED) is 0.873. The van der Waals surface area contributed by atoms with Crippen LogP contribution in [-0.2, 0) is 6.54 Å². The fourth-order valence-corrected chi connectivity index (χ4v) is 1.65. The Balaban J connectivity index is 0.00000112. The second-order valence-electron chi connectivity index (χ2n) is 3.46. The van der Waals surface area contributed by atoms with Crippen molar-refractivity contribution < 1.29 is 0 Å². The van der Waals surface area contributed by atoms with Crippen LogP contribution in [0.25, 0.3) is 11.0 Å². The van der Waals surface area contributed by atoms with Crippen LogP contribution in [0.5, 0.6) is 0 Å². The lowest BCUT2D eigenvalue weighted by atomic mass is 10.3. The molecule has 3 nitrogen and oxygen atoms in total. The number of nitrogen functional groups attached to an aromatic ring is 1. The highest BCUT2D eigenvalue weighted by atomic mass is 35.5. The Morgan fingerprint density at radius 3 is 2.80 bits per heavy atom. The van der Waals surface area contributed by atoms with Crippen molar-refractivity contribution in [2.45, 2.75) is 26.3 Å². The third-order valence-electron chi connectivity index (χ3n) is 2.42. The van der Waals surface area contributed by atoms with Gasteiger partial charge in [-0.2, -0.15) is 0 Å². The molecule has 2 N–H and O–H groups in total. The minimum Gasteiger partial charge on any atom is -0.369 e. The monoisotopic (exact) mass is 225 g/mol. The summed E-state index contributed by atoms with van der Waals surface area (Å²) in [5.74, 6) is 0.625. The molecule has 15 heavy (non-hydrogen) atoms. The predicted molar refractivity (Wildman–Crippen MR) is 66.3 cm³/mol. The maximum absolute atomic E-state index is 5.85. The standard InChI is InChI=1S/C11H15N3.ClH/c1-2-3-8-14-10-7-5-4-6-9(10)13-11(14)12;/h4-7H,2-3,8H2,1H3,(H2,12,13);1H. The number of hydrogen-bond acceptors (Lipinski definition) is 2. The lowest BCUT2D eigenvalue weighted by Gasteiger charge is -2.04. The summed E-state index contributed by atoms with van der Waals surface area (Å²) in [5, 5.41) is 0. The molecule has 0 radical (unpaired) electrons. The van der Waals surface area contributed by atoms with Crippen LogP contribution in [-0.4, -0.2) is 9.55 Å². The molecule has 0 aliphatic carbocycles. The summed E-state index contributed by atoms with van der Waals surface area (Å²) in [6.07, 6.45) is 2.32. The van der Waals surface area contributed by atoms with Gasteiger partial charge in [0.2, 0.25) is 5.95 Å². The van der Waals surface area contributed by atoms with Crippen LogP contribution in [0.15, 0.2) is 24.3 Å². The summed E-state index contributed by atoms with van der Waals surface area (Å²) >= 11 is 0. The molecule has 0 aliphatic rings. The molecular formula is C11H16ClN3. The van der Waals surface area contributed by atoms with Gasteiger partial charge in [0.15, 0.2) is 0 Å². The average molecular weight is 226 g/mol. The minimum atomic E-state index is 0. The van der Waals surface area contributed by atoms with Gasteiger partial charge >= 0.3 is 0 Å². The summed E-state index contributed by atoms with van der Waals surface area (Å²) in [6, 6.07) is 8.06. The van der Waals surface area contributed by atoms with Gasteiger partial charge in [-0.25, -0.2) is 4.98 Å². The molecule has 2 rings (SSSR count). The van der Waals surface area contributed by atoms with E-state index in [1.54, 1.807) is 0 Å². The van der Waals surface area contributed by atoms with E-state index < -0.39 is 0 Å². The van der Waals surface area contributed by atoms with E-state index in [0.717, 1.165) is 24.0 Å². The van der Waals surface area contributed by atoms with Gasteiger partial charge in [0, 0.05) is 6.54 Å². The third-order valence-corrected chi connectivity index (χ3v) is 2.42. The van der Waals surface area contributed by atoms with E-state index in [1.807, 2.05) is 18.2 Å². The third kappa shape index (κ3) is 2.23. The van der Waals surface area contributed by atoms with E-state index in [4.69, 9.17) is 5.73 Å². The molecule has 82 valence electrons. The maximum Gasteiger partial charge on any atom is 0.201 e. The number of benzene rings is 1. The molecule has 0 saturated carbocycles. The van der Waals surface area contributed by atoms with Gasteiger partial charge in [0.1, 0.15) is 0 Å². The molecule has 0 amide bonds. The first-order chi connectivity index (χ1) is 6.83. The van der Waals surface area contributed by atoms with Crippen LogP contribution < -0.4 is 5.73 Å². The summed E-state index contributed by atoms with van der Waals surface area (Å²) in [4.78, 5) is 4.31. The Morgan fingerprint density at radius 1 is 1.33 bits per heavy atom. The van der Waals surface area contributed by atoms with Crippen LogP contribution >= 0.6 is 12.4 Å². The first-order valence-electron chi connectivity index (χ1n) is 5.03. The van der Waals surface area contributed by atoms with E-state index in [-0.39, 0.29) is 12.4 Å². The molecule has 0 atom stereocenters. The van der Waals surface area contributed by atoms with Crippen LogP contribution in [0.4, 0.5) is 5.95 Å². The highest BCUT2D eigenvalue weighted by Crippen LogP contribution is 2.17. The van der Waals surface area contributed by atoms with Crippen LogP contribution in [0.2, 0.25) is 0 Å². The number of anilines is 1. The number of hydrogen-bond donors (Lipinski definition) is 1. The fourth-order valence-electron chi connectivity index (χ4n) is 1.65. The first-order valence-corrected chi connectivity index (χ1v) is 5.03. The fraction of sp³-hybridized carbons (Fsp3) is 0.364. The molecular weight excluding hydrogens is 210 g/mol. The number of imidazole rings is 1. The van der Waals surface area contributed by atoms with Crippen molar-refractivity contribution >= 4 is 29.4 Å². The summed E-state index contributed by atoms with van der Waals surface area (Å²) < 4.78 is 2.08. The Labute approximate surface area is 95.7 Å². The molecule has 0 saturated heterocycles. The van der Waals surface area contributed by atoms with E-state index in [0.29, 0.717) is 5.95 Å². The molecule has 0 spiro atoms. The van der Waals surface area contributed by atoms with Gasteiger partial charge in [0.05, 0.1) is 11.0 Å². The average Bonchev–Trinajstić information content (AvgIpc) is 2.51. The van der Waals surface area contributed by atoms with Gasteiger partial charge in [-0.1, -0.05) is 25.5 Å². The Kier molecular flexibility index (Phi) is 3.97. The molecule has 0 bridgehead atoms. The van der Waals surface area contributed by atoms with Crippen LogP contribution in [0.1, 0.15) is 19.8 Å². The number of nitrogens with two attached hydrogens (primary N) is 1. The topological polar surface area (TPSA) is 43.8 Å². The Morgan fingerprint density at radius 2 is 2.07 bits per heavy atom. The number of para-hydroxylation sites is 2. The smallest absolute Gasteiger partial charge is 0.201 e. The second kappa shape index (κ2) is 5.03. The first kappa shape index (κ1) is 11.9. The van der Waals surface area contributed by atoms with E-state index in [9.17, 15) is 0 Å². The normalized spacial score (nSPS) is 10.2. The van der Waals surface area contributed by atoms with Crippen molar-refractivity contribution in [3.05, 3.63) is 24.3 Å². The molecule has 0 unspecified atom stereocenters. The zero-order valence-electron chi connectivity index (χ0n) is 8.81. The predicted octanol–water partition coefficient (Wildman–Crippen LogP) is 2.84. The number of halogens is 1. The van der Waals surface area contributed by atoms with Crippen molar-refractivity contribution in [1.82, 2.24) is 9.55 Å². The number of fused-ring (bicyclic) bond motifs is 1. The highest BCUT2D eigenvalue weighted by Gasteiger charge is 2.05. The van der Waals surface area contributed by atoms with E-state index >= 15 is 0 Å². The molecule has 1 aromatic heterocycles. The Bertz CT molecular complexity index is 436. The largest absolute Gasteiger partial charge is 0.369 e. The van der Waals surface area contributed by atoms with Gasteiger partial charge in [-0.3, -0.25) is 0 Å². The van der Waals surface area contributed by atoms with Gasteiger partial charge < -0.3 is 10.3 Å². The molecule has 2 aromatic rings. The summed E-state index contributed by atoms with van der Waals surface area (Å²) in [7, 11) is 0. The summed E-state index contributed by atoms with van der Waals surface area (Å²) in [6.45, 7) is 3.14. The minimum absolute atomic E-state index is 0. The molecule has 0 fully saturated rings. The zero-order valence-corrected chi connectivity index (χ0v) is 9.63. The number of aromatic nitrogens is 2. The number of unbranched alkanes of at least 4 members (excludes halogenated alkanes) is 1. The van der Waals surface area contributed by atoms with Crippen molar-refractivity contribution in [1.29, 1.82) is 0 Å². The number of nitrogens with zero attached hydrogens (tertiary/aromatic N) is 2. The molecule has 1 heterocycles. The maximum atomic E-state index is 5.85. The molecule has 1 aromatic carbocycles. The van der Waals surface area contributed by atoms with Crippen molar-refractivity contribution in [3.63, 3.8) is 0 Å². The summed E-state index contributed by atoms with van der Waals surface area (Å²) in [5.41, 5.74) is 7.97. The van der Waals surface area contributed by atoms with Crippen molar-refractivity contribution in [2.75, 3.05) is 5.73 Å². The number of rotatable bonds is 3. The SMILES string of the molecule is CCCCn1c(N)nc2ccccc21.Cl. The second-order valence-corrected chi connectivity index (χ2v) is 3.46. The van der Waals surface area contributed by atoms with Gasteiger partial charge in [-0.15, -0.1) is 12.4 Å². The lowest BCUT2D eigenvalue weighted by molar-refractivity contribution is 0.653. The van der Waals surface area contributed by atoms with Gasteiger partial charge in [-0.05, 0) is 18.6 Å². The van der Waals surface area contributed by atoms with E-state index in [1.165, 1.54) is 6.42 Å². The molecule has 4 heteroatoms. The lowest BCUT2D eigenvalue weighted by Crippen LogP contribution is -2.02. The highest BCUT2D eigenvalue weighted by molar-refractivity contribution is 5.85.